The topological polar surface area (TPSA) is 66.3 Å². The smallest absolute Gasteiger partial charge is 0.255 e. The number of likely N-dealkylation sites (tertiary alicyclic amines) is 1. The molecule has 1 saturated heterocycles. The van der Waals surface area contributed by atoms with E-state index in [0.29, 0.717) is 18.7 Å². The van der Waals surface area contributed by atoms with Crippen molar-refractivity contribution in [1.82, 2.24) is 15.1 Å². The zero-order chi connectivity index (χ0) is 10.7. The summed E-state index contributed by atoms with van der Waals surface area (Å²) in [4.78, 5) is 13.6. The second-order valence-corrected chi connectivity index (χ2v) is 3.68. The zero-order valence-corrected chi connectivity index (χ0v) is 8.33. The Kier molecular flexibility index (Phi) is 2.91. The number of rotatable bonds is 1. The molecule has 80 valence electrons. The van der Waals surface area contributed by atoms with Crippen LogP contribution in [0.4, 0.5) is 0 Å². The summed E-state index contributed by atoms with van der Waals surface area (Å²) in [6.07, 6.45) is 4.18. The molecule has 1 aliphatic rings. The van der Waals surface area contributed by atoms with Gasteiger partial charge in [0.1, 0.15) is 0 Å². The first kappa shape index (κ1) is 10.0. The van der Waals surface area contributed by atoms with Gasteiger partial charge < -0.3 is 10.0 Å². The van der Waals surface area contributed by atoms with Crippen LogP contribution in [-0.4, -0.2) is 45.3 Å². The van der Waals surface area contributed by atoms with Crippen LogP contribution in [0.1, 0.15) is 23.2 Å². The number of aliphatic hydroxyl groups excluding tert-OH is 1. The molecule has 0 bridgehead atoms. The van der Waals surface area contributed by atoms with E-state index in [0.717, 1.165) is 12.8 Å². The third-order valence-corrected chi connectivity index (χ3v) is 2.51. The molecule has 0 saturated carbocycles. The number of aliphatic hydroxyl groups is 1. The Hall–Kier alpha value is -1.49. The van der Waals surface area contributed by atoms with E-state index in [2.05, 4.69) is 10.2 Å². The maximum atomic E-state index is 11.9. The van der Waals surface area contributed by atoms with Crippen molar-refractivity contribution in [2.24, 2.45) is 0 Å². The van der Waals surface area contributed by atoms with E-state index in [1.807, 2.05) is 0 Å². The summed E-state index contributed by atoms with van der Waals surface area (Å²) in [6, 6.07) is 1.64. The molecule has 0 aliphatic carbocycles. The molecule has 5 heteroatoms. The average Bonchev–Trinajstić information content (AvgIpc) is 2.29. The minimum Gasteiger partial charge on any atom is -0.391 e. The van der Waals surface area contributed by atoms with Gasteiger partial charge in [-0.15, -0.1) is 0 Å². The van der Waals surface area contributed by atoms with E-state index in [1.54, 1.807) is 11.0 Å². The molecule has 0 unspecified atom stereocenters. The van der Waals surface area contributed by atoms with Crippen LogP contribution in [0.15, 0.2) is 18.5 Å². The van der Waals surface area contributed by atoms with Crippen LogP contribution >= 0.6 is 0 Å². The molecule has 1 atom stereocenters. The lowest BCUT2D eigenvalue weighted by Gasteiger charge is -2.29. The Morgan fingerprint density at radius 2 is 2.40 bits per heavy atom. The molecule has 0 spiro atoms. The number of nitrogens with zero attached hydrogens (tertiary/aromatic N) is 3. The van der Waals surface area contributed by atoms with Gasteiger partial charge in [-0.3, -0.25) is 4.79 Å². The first-order valence-electron chi connectivity index (χ1n) is 5.01. The van der Waals surface area contributed by atoms with Crippen molar-refractivity contribution in [3.8, 4) is 0 Å². The maximum absolute atomic E-state index is 11.9. The van der Waals surface area contributed by atoms with Gasteiger partial charge >= 0.3 is 0 Å². The van der Waals surface area contributed by atoms with Gasteiger partial charge in [-0.2, -0.15) is 10.2 Å². The number of β-amino-alcohol motifs (C(OH)–C–C–N with tert-alkyl or cyclic N) is 1. The third kappa shape index (κ3) is 2.30. The fourth-order valence-electron chi connectivity index (χ4n) is 1.74. The number of carbonyl (C=O) groups is 1. The van der Waals surface area contributed by atoms with Crippen molar-refractivity contribution >= 4 is 5.91 Å². The molecule has 1 fully saturated rings. The van der Waals surface area contributed by atoms with Crippen molar-refractivity contribution < 1.29 is 9.90 Å². The number of aromatic nitrogens is 2. The highest BCUT2D eigenvalue weighted by molar-refractivity contribution is 5.93. The fourth-order valence-corrected chi connectivity index (χ4v) is 1.74. The van der Waals surface area contributed by atoms with Crippen LogP contribution in [0.3, 0.4) is 0 Å². The summed E-state index contributed by atoms with van der Waals surface area (Å²) >= 11 is 0. The maximum Gasteiger partial charge on any atom is 0.255 e. The third-order valence-electron chi connectivity index (χ3n) is 2.51. The molecule has 0 aromatic carbocycles. The van der Waals surface area contributed by atoms with Crippen molar-refractivity contribution in [3.05, 3.63) is 24.0 Å². The van der Waals surface area contributed by atoms with E-state index in [9.17, 15) is 9.90 Å². The van der Waals surface area contributed by atoms with Gasteiger partial charge in [0.15, 0.2) is 0 Å². The monoisotopic (exact) mass is 207 g/mol. The molecule has 15 heavy (non-hydrogen) atoms. The molecule has 2 heterocycles. The number of hydrogen-bond acceptors (Lipinski definition) is 4. The molecular weight excluding hydrogens is 194 g/mol. The van der Waals surface area contributed by atoms with Gasteiger partial charge in [0.05, 0.1) is 24.1 Å². The molecule has 1 aliphatic heterocycles. The normalized spacial score (nSPS) is 21.4. The number of carbonyl (C=O) groups excluding carboxylic acids is 1. The Balaban J connectivity index is 2.08. The first-order chi connectivity index (χ1) is 7.27. The van der Waals surface area contributed by atoms with E-state index in [4.69, 9.17) is 0 Å². The molecule has 1 amide bonds. The van der Waals surface area contributed by atoms with Crippen molar-refractivity contribution in [1.29, 1.82) is 0 Å². The molecular formula is C10H13N3O2. The Morgan fingerprint density at radius 1 is 1.53 bits per heavy atom. The van der Waals surface area contributed by atoms with Crippen molar-refractivity contribution in [3.63, 3.8) is 0 Å². The van der Waals surface area contributed by atoms with Gasteiger partial charge in [-0.25, -0.2) is 0 Å². The zero-order valence-electron chi connectivity index (χ0n) is 8.33. The summed E-state index contributed by atoms with van der Waals surface area (Å²) < 4.78 is 0. The number of amides is 1. The quantitative estimate of drug-likeness (QED) is 0.708. The minimum atomic E-state index is -0.391. The molecule has 1 aromatic heterocycles. The predicted octanol–water partition coefficient (Wildman–Crippen LogP) is 0.0735. The number of hydrogen-bond donors (Lipinski definition) is 1. The second kappa shape index (κ2) is 4.35. The lowest BCUT2D eigenvalue weighted by molar-refractivity contribution is 0.0473. The largest absolute Gasteiger partial charge is 0.391 e. The van der Waals surface area contributed by atoms with Gasteiger partial charge in [0, 0.05) is 13.1 Å². The summed E-state index contributed by atoms with van der Waals surface area (Å²) in [5.41, 5.74) is 0.527. The molecule has 2 rings (SSSR count). The summed E-state index contributed by atoms with van der Waals surface area (Å²) in [7, 11) is 0. The highest BCUT2D eigenvalue weighted by Gasteiger charge is 2.22. The van der Waals surface area contributed by atoms with Crippen LogP contribution in [0.2, 0.25) is 0 Å². The summed E-state index contributed by atoms with van der Waals surface area (Å²) in [5.74, 6) is -0.0800. The Bertz CT molecular complexity index is 342. The lowest BCUT2D eigenvalue weighted by atomic mass is 10.1. The van der Waals surface area contributed by atoms with Crippen LogP contribution < -0.4 is 0 Å². The van der Waals surface area contributed by atoms with Gasteiger partial charge in [0.2, 0.25) is 0 Å². The van der Waals surface area contributed by atoms with Gasteiger partial charge in [-0.05, 0) is 18.9 Å². The van der Waals surface area contributed by atoms with Crippen molar-refractivity contribution in [2.45, 2.75) is 18.9 Å². The second-order valence-electron chi connectivity index (χ2n) is 3.68. The number of piperidine rings is 1. The Labute approximate surface area is 87.7 Å². The van der Waals surface area contributed by atoms with Gasteiger partial charge in [0.25, 0.3) is 5.91 Å². The fraction of sp³-hybridized carbons (Fsp3) is 0.500. The lowest BCUT2D eigenvalue weighted by Crippen LogP contribution is -2.42. The predicted molar refractivity (Wildman–Crippen MR) is 53.2 cm³/mol. The average molecular weight is 207 g/mol. The van der Waals surface area contributed by atoms with Crippen LogP contribution in [0.5, 0.6) is 0 Å². The highest BCUT2D eigenvalue weighted by Crippen LogP contribution is 2.12. The van der Waals surface area contributed by atoms with Crippen LogP contribution in [-0.2, 0) is 0 Å². The highest BCUT2D eigenvalue weighted by atomic mass is 16.3. The minimum absolute atomic E-state index is 0.0800. The first-order valence-corrected chi connectivity index (χ1v) is 5.01. The van der Waals surface area contributed by atoms with Crippen molar-refractivity contribution in [2.75, 3.05) is 13.1 Å². The molecule has 0 radical (unpaired) electrons. The summed E-state index contributed by atoms with van der Waals surface area (Å²) in [5, 5.41) is 16.7. The molecule has 1 N–H and O–H groups in total. The van der Waals surface area contributed by atoms with E-state index in [-0.39, 0.29) is 5.91 Å². The van der Waals surface area contributed by atoms with Gasteiger partial charge in [-0.1, -0.05) is 0 Å². The van der Waals surface area contributed by atoms with E-state index >= 15 is 0 Å². The Morgan fingerprint density at radius 3 is 3.07 bits per heavy atom. The summed E-state index contributed by atoms with van der Waals surface area (Å²) in [6.45, 7) is 1.12. The SMILES string of the molecule is O=C(c1ccnnc1)N1CCC[C@H](O)C1. The van der Waals surface area contributed by atoms with Crippen LogP contribution in [0, 0.1) is 0 Å². The standard InChI is InChI=1S/C10H13N3O2/c14-9-2-1-5-13(7-9)10(15)8-3-4-11-12-6-8/h3-4,6,9,14H,1-2,5,7H2/t9-/m0/s1. The van der Waals surface area contributed by atoms with Crippen LogP contribution in [0.25, 0.3) is 0 Å². The van der Waals surface area contributed by atoms with E-state index < -0.39 is 6.10 Å². The molecule has 1 aromatic rings. The van der Waals surface area contributed by atoms with E-state index in [1.165, 1.54) is 12.4 Å². The molecule has 5 nitrogen and oxygen atoms in total.